The first kappa shape index (κ1) is 22.2. The topological polar surface area (TPSA) is 108 Å². The van der Waals surface area contributed by atoms with Crippen molar-refractivity contribution in [3.05, 3.63) is 92.4 Å². The number of para-hydroxylation sites is 3. The molecule has 0 N–H and O–H groups in total. The number of nitro groups is 1. The summed E-state index contributed by atoms with van der Waals surface area (Å²) in [6, 6.07) is 16.9. The number of benzene rings is 2. The predicted molar refractivity (Wildman–Crippen MR) is 122 cm³/mol. The molecular weight excluding hydrogens is 424 g/mol. The van der Waals surface area contributed by atoms with Gasteiger partial charge in [0.1, 0.15) is 11.4 Å². The highest BCUT2D eigenvalue weighted by molar-refractivity contribution is 5.92. The summed E-state index contributed by atoms with van der Waals surface area (Å²) in [4.78, 5) is 38.4. The standard InChI is InChI=1S/C24H24N4O5/c1-17-14-22(29)23(25-27(17)20-11-5-6-12-21(20)28(31)32)24(30)26-13-7-8-18(15-26)16-33-19-9-3-2-4-10-19/h2-6,9-12,14,18H,7-8,13,15-16H2,1H3. The SMILES string of the molecule is Cc1cc(=O)c(C(=O)N2CCCC(COc3ccccc3)C2)nn1-c1ccccc1[N+](=O)[O-]. The van der Waals surface area contributed by atoms with E-state index in [0.717, 1.165) is 18.6 Å². The molecule has 1 aliphatic heterocycles. The number of rotatable bonds is 6. The number of ether oxygens (including phenoxy) is 1. The molecule has 2 heterocycles. The van der Waals surface area contributed by atoms with E-state index in [0.29, 0.717) is 25.4 Å². The van der Waals surface area contributed by atoms with Crippen LogP contribution >= 0.6 is 0 Å². The number of piperidine rings is 1. The fourth-order valence-corrected chi connectivity index (χ4v) is 4.00. The monoisotopic (exact) mass is 448 g/mol. The zero-order valence-corrected chi connectivity index (χ0v) is 18.2. The molecule has 0 spiro atoms. The first-order valence-corrected chi connectivity index (χ1v) is 10.8. The molecule has 1 aromatic heterocycles. The molecule has 4 rings (SSSR count). The Hall–Kier alpha value is -4.01. The minimum Gasteiger partial charge on any atom is -0.493 e. The van der Waals surface area contributed by atoms with Crippen LogP contribution in [0.5, 0.6) is 5.75 Å². The van der Waals surface area contributed by atoms with Crippen molar-refractivity contribution in [3.8, 4) is 11.4 Å². The maximum Gasteiger partial charge on any atom is 0.294 e. The van der Waals surface area contributed by atoms with Gasteiger partial charge in [0.2, 0.25) is 5.43 Å². The summed E-state index contributed by atoms with van der Waals surface area (Å²) in [5.41, 5.74) is -0.315. The van der Waals surface area contributed by atoms with Crippen molar-refractivity contribution in [1.82, 2.24) is 14.7 Å². The lowest BCUT2D eigenvalue weighted by Gasteiger charge is -2.32. The minimum atomic E-state index is -0.516. The molecule has 1 unspecified atom stereocenters. The van der Waals surface area contributed by atoms with Crippen LogP contribution in [0.2, 0.25) is 0 Å². The van der Waals surface area contributed by atoms with Gasteiger partial charge in [-0.15, -0.1) is 0 Å². The largest absolute Gasteiger partial charge is 0.493 e. The first-order chi connectivity index (χ1) is 15.9. The summed E-state index contributed by atoms with van der Waals surface area (Å²) in [5.74, 6) is 0.427. The van der Waals surface area contributed by atoms with Crippen LogP contribution in [0.25, 0.3) is 5.69 Å². The van der Waals surface area contributed by atoms with E-state index in [1.54, 1.807) is 24.0 Å². The van der Waals surface area contributed by atoms with Gasteiger partial charge in [-0.3, -0.25) is 19.7 Å². The maximum atomic E-state index is 13.2. The van der Waals surface area contributed by atoms with E-state index in [2.05, 4.69) is 5.10 Å². The van der Waals surface area contributed by atoms with Crippen LogP contribution in [-0.4, -0.2) is 45.2 Å². The van der Waals surface area contributed by atoms with Crippen molar-refractivity contribution in [2.45, 2.75) is 19.8 Å². The van der Waals surface area contributed by atoms with Crippen molar-refractivity contribution in [3.63, 3.8) is 0 Å². The lowest BCUT2D eigenvalue weighted by molar-refractivity contribution is -0.384. The third-order valence-electron chi connectivity index (χ3n) is 5.65. The molecule has 0 saturated carbocycles. The van der Waals surface area contributed by atoms with Crippen molar-refractivity contribution in [1.29, 1.82) is 0 Å². The summed E-state index contributed by atoms with van der Waals surface area (Å²) in [7, 11) is 0. The summed E-state index contributed by atoms with van der Waals surface area (Å²) >= 11 is 0. The minimum absolute atomic E-state index is 0.130. The highest BCUT2D eigenvalue weighted by atomic mass is 16.6. The van der Waals surface area contributed by atoms with Gasteiger partial charge in [-0.25, -0.2) is 4.68 Å². The van der Waals surface area contributed by atoms with Crippen LogP contribution in [-0.2, 0) is 0 Å². The van der Waals surface area contributed by atoms with Crippen LogP contribution in [0.3, 0.4) is 0 Å². The smallest absolute Gasteiger partial charge is 0.294 e. The first-order valence-electron chi connectivity index (χ1n) is 10.8. The quantitative estimate of drug-likeness (QED) is 0.423. The Kier molecular flexibility index (Phi) is 6.48. The van der Waals surface area contributed by atoms with Gasteiger partial charge in [0.15, 0.2) is 5.69 Å². The number of carbonyl (C=O) groups is 1. The summed E-state index contributed by atoms with van der Waals surface area (Å²) in [6.45, 7) is 3.06. The number of likely N-dealkylation sites (tertiary alicyclic amines) is 1. The molecule has 0 radical (unpaired) electrons. The van der Waals surface area contributed by atoms with E-state index in [4.69, 9.17) is 4.74 Å². The fraction of sp³-hybridized carbons (Fsp3) is 0.292. The summed E-state index contributed by atoms with van der Waals surface area (Å²) < 4.78 is 7.13. The highest BCUT2D eigenvalue weighted by Crippen LogP contribution is 2.23. The molecule has 1 atom stereocenters. The van der Waals surface area contributed by atoms with E-state index >= 15 is 0 Å². The lowest BCUT2D eigenvalue weighted by atomic mass is 9.98. The molecule has 3 aromatic rings. The highest BCUT2D eigenvalue weighted by Gasteiger charge is 2.28. The van der Waals surface area contributed by atoms with E-state index in [1.165, 1.54) is 22.9 Å². The van der Waals surface area contributed by atoms with Crippen molar-refractivity contribution in [2.75, 3.05) is 19.7 Å². The van der Waals surface area contributed by atoms with Crippen LogP contribution in [0.15, 0.2) is 65.5 Å². The molecule has 1 fully saturated rings. The maximum absolute atomic E-state index is 13.2. The third-order valence-corrected chi connectivity index (χ3v) is 5.65. The molecular formula is C24H24N4O5. The second-order valence-corrected chi connectivity index (χ2v) is 8.04. The summed E-state index contributed by atoms with van der Waals surface area (Å²) in [5, 5.41) is 15.7. The second-order valence-electron chi connectivity index (χ2n) is 8.04. The number of aromatic nitrogens is 2. The van der Waals surface area contributed by atoms with Gasteiger partial charge >= 0.3 is 0 Å². The molecule has 1 amide bonds. The van der Waals surface area contributed by atoms with E-state index in [9.17, 15) is 19.7 Å². The van der Waals surface area contributed by atoms with Gasteiger partial charge in [-0.05, 0) is 38.0 Å². The third kappa shape index (κ3) is 4.92. The van der Waals surface area contributed by atoms with Crippen LogP contribution in [0, 0.1) is 23.0 Å². The van der Waals surface area contributed by atoms with E-state index in [1.807, 2.05) is 30.3 Å². The molecule has 1 saturated heterocycles. The molecule has 0 aliphatic carbocycles. The molecule has 170 valence electrons. The van der Waals surface area contributed by atoms with Crippen molar-refractivity contribution < 1.29 is 14.5 Å². The zero-order valence-electron chi connectivity index (χ0n) is 18.2. The number of nitro benzene ring substituents is 1. The Morgan fingerprint density at radius 3 is 2.67 bits per heavy atom. The zero-order chi connectivity index (χ0) is 23.4. The fourth-order valence-electron chi connectivity index (χ4n) is 4.00. The number of amides is 1. The number of nitrogens with zero attached hydrogens (tertiary/aromatic N) is 4. The Balaban J connectivity index is 1.56. The Labute approximate surface area is 190 Å². The molecule has 9 heteroatoms. The van der Waals surface area contributed by atoms with E-state index < -0.39 is 16.3 Å². The molecule has 0 bridgehead atoms. The summed E-state index contributed by atoms with van der Waals surface area (Å²) in [6.07, 6.45) is 1.71. The van der Waals surface area contributed by atoms with Gasteiger partial charge in [0.05, 0.1) is 11.5 Å². The van der Waals surface area contributed by atoms with Gasteiger partial charge in [0.25, 0.3) is 11.6 Å². The van der Waals surface area contributed by atoms with Crippen molar-refractivity contribution >= 4 is 11.6 Å². The normalized spacial score (nSPS) is 15.8. The van der Waals surface area contributed by atoms with Crippen molar-refractivity contribution in [2.24, 2.45) is 5.92 Å². The van der Waals surface area contributed by atoms with E-state index in [-0.39, 0.29) is 23.0 Å². The number of aryl methyl sites for hydroxylation is 1. The second kappa shape index (κ2) is 9.64. The lowest BCUT2D eigenvalue weighted by Crippen LogP contribution is -2.43. The van der Waals surface area contributed by atoms with Crippen LogP contribution in [0.4, 0.5) is 5.69 Å². The van der Waals surface area contributed by atoms with Gasteiger partial charge in [0, 0.05) is 36.8 Å². The number of hydrogen-bond donors (Lipinski definition) is 0. The average molecular weight is 448 g/mol. The predicted octanol–water partition coefficient (Wildman–Crippen LogP) is 3.38. The Bertz CT molecular complexity index is 1230. The van der Waals surface area contributed by atoms with Gasteiger partial charge in [-0.1, -0.05) is 30.3 Å². The molecule has 2 aromatic carbocycles. The van der Waals surface area contributed by atoms with Gasteiger partial charge in [-0.2, -0.15) is 5.10 Å². The van der Waals surface area contributed by atoms with Crippen LogP contribution < -0.4 is 10.2 Å². The molecule has 9 nitrogen and oxygen atoms in total. The number of hydrogen-bond acceptors (Lipinski definition) is 6. The Morgan fingerprint density at radius 2 is 1.91 bits per heavy atom. The number of carbonyl (C=O) groups excluding carboxylic acids is 1. The van der Waals surface area contributed by atoms with Crippen LogP contribution in [0.1, 0.15) is 29.0 Å². The molecule has 1 aliphatic rings. The van der Waals surface area contributed by atoms with Gasteiger partial charge < -0.3 is 9.64 Å². The average Bonchev–Trinajstić information content (AvgIpc) is 2.83. The molecule has 33 heavy (non-hydrogen) atoms. The Morgan fingerprint density at radius 1 is 1.18 bits per heavy atom.